The molecule has 2 heterocycles. The first kappa shape index (κ1) is 16.1. The SMILES string of the molecule is Cn1ccnc1[C@H]([C@H]1COC(C)(C)O1)N(O)Cc1ccccc1. The summed E-state index contributed by atoms with van der Waals surface area (Å²) in [7, 11) is 1.91. The number of aromatic nitrogens is 2. The lowest BCUT2D eigenvalue weighted by Gasteiger charge is -2.30. The van der Waals surface area contributed by atoms with Crippen LogP contribution < -0.4 is 0 Å². The Labute approximate surface area is 136 Å². The molecule has 0 spiro atoms. The highest BCUT2D eigenvalue weighted by Gasteiger charge is 2.42. The Hall–Kier alpha value is -1.73. The Morgan fingerprint density at radius 3 is 2.70 bits per heavy atom. The highest BCUT2D eigenvalue weighted by molar-refractivity contribution is 5.15. The summed E-state index contributed by atoms with van der Waals surface area (Å²) < 4.78 is 13.5. The Morgan fingerprint density at radius 1 is 1.39 bits per heavy atom. The standard InChI is InChI=1S/C17H23N3O3/c1-17(2)22-12-14(23-17)15(16-18-9-10-19(16)3)20(21)11-13-7-5-4-6-8-13/h4-10,14-15,21H,11-12H2,1-3H3/t14-,15+/m1/s1. The predicted octanol–water partition coefficient (Wildman–Crippen LogP) is 2.50. The Morgan fingerprint density at radius 2 is 2.13 bits per heavy atom. The van der Waals surface area contributed by atoms with E-state index in [-0.39, 0.29) is 6.10 Å². The molecule has 6 nitrogen and oxygen atoms in total. The van der Waals surface area contributed by atoms with Crippen LogP contribution in [0.4, 0.5) is 0 Å². The minimum absolute atomic E-state index is 0.292. The predicted molar refractivity (Wildman–Crippen MR) is 84.6 cm³/mol. The minimum atomic E-state index is -0.651. The quantitative estimate of drug-likeness (QED) is 0.859. The molecule has 1 aliphatic heterocycles. The molecule has 3 rings (SSSR count). The van der Waals surface area contributed by atoms with Crippen molar-refractivity contribution in [2.24, 2.45) is 7.05 Å². The molecule has 1 aromatic carbocycles. The molecule has 124 valence electrons. The van der Waals surface area contributed by atoms with Gasteiger partial charge < -0.3 is 19.2 Å². The number of imidazole rings is 1. The highest BCUT2D eigenvalue weighted by atomic mass is 16.7. The zero-order valence-electron chi connectivity index (χ0n) is 13.7. The molecular formula is C17H23N3O3. The Bertz CT molecular complexity index is 642. The van der Waals surface area contributed by atoms with Gasteiger partial charge in [-0.15, -0.1) is 0 Å². The van der Waals surface area contributed by atoms with Crippen molar-refractivity contribution in [2.45, 2.75) is 38.3 Å². The molecule has 1 N–H and O–H groups in total. The number of ether oxygens (including phenoxy) is 2. The van der Waals surface area contributed by atoms with Gasteiger partial charge in [0.05, 0.1) is 6.61 Å². The summed E-state index contributed by atoms with van der Waals surface area (Å²) >= 11 is 0. The third kappa shape index (κ3) is 3.61. The smallest absolute Gasteiger partial charge is 0.163 e. The average Bonchev–Trinajstić information content (AvgIpc) is 3.07. The van der Waals surface area contributed by atoms with Gasteiger partial charge in [-0.3, -0.25) is 0 Å². The van der Waals surface area contributed by atoms with Crippen molar-refractivity contribution in [3.8, 4) is 0 Å². The normalized spacial score (nSPS) is 21.7. The number of hydrogen-bond acceptors (Lipinski definition) is 5. The van der Waals surface area contributed by atoms with Gasteiger partial charge >= 0.3 is 0 Å². The van der Waals surface area contributed by atoms with E-state index in [9.17, 15) is 5.21 Å². The zero-order chi connectivity index (χ0) is 16.4. The van der Waals surface area contributed by atoms with Gasteiger partial charge in [0.15, 0.2) is 5.79 Å². The summed E-state index contributed by atoms with van der Waals surface area (Å²) in [6.07, 6.45) is 3.29. The highest BCUT2D eigenvalue weighted by Crippen LogP contribution is 2.33. The lowest BCUT2D eigenvalue weighted by Crippen LogP contribution is -2.38. The number of aryl methyl sites for hydroxylation is 1. The summed E-state index contributed by atoms with van der Waals surface area (Å²) in [6.45, 7) is 4.55. The van der Waals surface area contributed by atoms with Crippen molar-refractivity contribution in [2.75, 3.05) is 6.61 Å². The van der Waals surface area contributed by atoms with Crippen molar-refractivity contribution < 1.29 is 14.7 Å². The molecule has 2 aromatic rings. The van der Waals surface area contributed by atoms with Gasteiger partial charge in [0.2, 0.25) is 0 Å². The number of nitrogens with zero attached hydrogens (tertiary/aromatic N) is 3. The minimum Gasteiger partial charge on any atom is -0.348 e. The van der Waals surface area contributed by atoms with Crippen LogP contribution in [-0.4, -0.2) is 38.3 Å². The van der Waals surface area contributed by atoms with E-state index in [1.54, 1.807) is 6.20 Å². The molecule has 1 aliphatic rings. The van der Waals surface area contributed by atoms with Crippen LogP contribution in [-0.2, 0) is 23.1 Å². The molecule has 6 heteroatoms. The van der Waals surface area contributed by atoms with Crippen LogP contribution in [0.25, 0.3) is 0 Å². The average molecular weight is 317 g/mol. The third-order valence-corrected chi connectivity index (χ3v) is 4.01. The Kier molecular flexibility index (Phi) is 4.50. The van der Waals surface area contributed by atoms with Gasteiger partial charge in [-0.2, -0.15) is 5.06 Å². The van der Waals surface area contributed by atoms with Crippen LogP contribution in [0.1, 0.15) is 31.3 Å². The number of benzene rings is 1. The van der Waals surface area contributed by atoms with Crippen molar-refractivity contribution in [1.82, 2.24) is 14.6 Å². The Balaban J connectivity index is 1.85. The fourth-order valence-corrected chi connectivity index (χ4v) is 2.89. The van der Waals surface area contributed by atoms with Crippen LogP contribution >= 0.6 is 0 Å². The topological polar surface area (TPSA) is 59.8 Å². The molecule has 23 heavy (non-hydrogen) atoms. The van der Waals surface area contributed by atoms with E-state index in [4.69, 9.17) is 9.47 Å². The molecule has 2 atom stereocenters. The maximum Gasteiger partial charge on any atom is 0.163 e. The van der Waals surface area contributed by atoms with Gasteiger partial charge in [-0.25, -0.2) is 4.98 Å². The van der Waals surface area contributed by atoms with Crippen LogP contribution in [0.2, 0.25) is 0 Å². The molecule has 1 aromatic heterocycles. The van der Waals surface area contributed by atoms with E-state index in [0.717, 1.165) is 11.4 Å². The molecule has 0 saturated carbocycles. The lowest BCUT2D eigenvalue weighted by molar-refractivity contribution is -0.193. The van der Waals surface area contributed by atoms with Gasteiger partial charge in [0, 0.05) is 26.0 Å². The van der Waals surface area contributed by atoms with Crippen molar-refractivity contribution in [3.63, 3.8) is 0 Å². The summed E-state index contributed by atoms with van der Waals surface area (Å²) in [6, 6.07) is 9.42. The molecule has 0 aliphatic carbocycles. The summed E-state index contributed by atoms with van der Waals surface area (Å²) in [5, 5.41) is 12.0. The monoisotopic (exact) mass is 317 g/mol. The number of hydrogen-bond donors (Lipinski definition) is 1. The van der Waals surface area contributed by atoms with Gasteiger partial charge in [0.25, 0.3) is 0 Å². The van der Waals surface area contributed by atoms with Crippen LogP contribution in [0.15, 0.2) is 42.7 Å². The second kappa shape index (κ2) is 6.41. The fraction of sp³-hybridized carbons (Fsp3) is 0.471. The van der Waals surface area contributed by atoms with Gasteiger partial charge in [-0.1, -0.05) is 30.3 Å². The molecule has 1 fully saturated rings. The molecule has 0 unspecified atom stereocenters. The largest absolute Gasteiger partial charge is 0.348 e. The van der Waals surface area contributed by atoms with E-state index in [2.05, 4.69) is 4.98 Å². The van der Waals surface area contributed by atoms with Crippen LogP contribution in [0, 0.1) is 0 Å². The van der Waals surface area contributed by atoms with E-state index >= 15 is 0 Å². The second-order valence-corrected chi connectivity index (χ2v) is 6.29. The number of hydroxylamine groups is 2. The molecule has 1 saturated heterocycles. The maximum absolute atomic E-state index is 10.7. The summed E-state index contributed by atoms with van der Waals surface area (Å²) in [5.41, 5.74) is 1.02. The van der Waals surface area contributed by atoms with E-state index in [0.29, 0.717) is 13.2 Å². The molecular weight excluding hydrogens is 294 g/mol. The van der Waals surface area contributed by atoms with Crippen LogP contribution in [0.5, 0.6) is 0 Å². The fourth-order valence-electron chi connectivity index (χ4n) is 2.89. The van der Waals surface area contributed by atoms with E-state index in [1.165, 1.54) is 5.06 Å². The molecule has 0 bridgehead atoms. The molecule has 0 amide bonds. The van der Waals surface area contributed by atoms with E-state index in [1.807, 2.05) is 62.0 Å². The summed E-state index contributed by atoms with van der Waals surface area (Å²) in [5.74, 6) is 0.0940. The van der Waals surface area contributed by atoms with Gasteiger partial charge in [-0.05, 0) is 19.4 Å². The lowest BCUT2D eigenvalue weighted by atomic mass is 10.1. The van der Waals surface area contributed by atoms with E-state index < -0.39 is 11.8 Å². The second-order valence-electron chi connectivity index (χ2n) is 6.29. The molecule has 0 radical (unpaired) electrons. The van der Waals surface area contributed by atoms with Crippen molar-refractivity contribution in [3.05, 3.63) is 54.1 Å². The van der Waals surface area contributed by atoms with Gasteiger partial charge in [0.1, 0.15) is 18.0 Å². The first-order valence-electron chi connectivity index (χ1n) is 7.75. The van der Waals surface area contributed by atoms with Crippen molar-refractivity contribution >= 4 is 0 Å². The maximum atomic E-state index is 10.7. The first-order valence-corrected chi connectivity index (χ1v) is 7.75. The third-order valence-electron chi connectivity index (χ3n) is 4.01. The number of rotatable bonds is 5. The first-order chi connectivity index (χ1) is 11.0. The zero-order valence-corrected chi connectivity index (χ0v) is 13.7. The van der Waals surface area contributed by atoms with Crippen molar-refractivity contribution in [1.29, 1.82) is 0 Å². The van der Waals surface area contributed by atoms with Crippen LogP contribution in [0.3, 0.4) is 0 Å². The summed E-state index contributed by atoms with van der Waals surface area (Å²) in [4.78, 5) is 4.40.